The number of phenolic OH excluding ortho intramolecular Hbond substituents is 1. The molecule has 1 aromatic carbocycles. The lowest BCUT2D eigenvalue weighted by Gasteiger charge is -2.03. The summed E-state index contributed by atoms with van der Waals surface area (Å²) in [5, 5.41) is 9.42. The van der Waals surface area contributed by atoms with Crippen molar-refractivity contribution in [3.8, 4) is 11.5 Å². The van der Waals surface area contributed by atoms with E-state index in [4.69, 9.17) is 4.74 Å². The number of hydrogen-bond acceptors (Lipinski definition) is 3. The van der Waals surface area contributed by atoms with Crippen LogP contribution in [0, 0.1) is 5.92 Å². The Morgan fingerprint density at radius 3 is 2.76 bits per heavy atom. The molecule has 3 heteroatoms. The van der Waals surface area contributed by atoms with E-state index in [2.05, 4.69) is 0 Å². The number of aromatic hydroxyl groups is 1. The van der Waals surface area contributed by atoms with Crippen LogP contribution in [0.15, 0.2) is 24.3 Å². The van der Waals surface area contributed by atoms with Gasteiger partial charge in [0.05, 0.1) is 7.11 Å². The van der Waals surface area contributed by atoms with Crippen LogP contribution < -0.4 is 4.74 Å². The lowest BCUT2D eigenvalue weighted by molar-refractivity contribution is -0.115. The highest BCUT2D eigenvalue weighted by atomic mass is 16.5. The van der Waals surface area contributed by atoms with Crippen LogP contribution in [0.4, 0.5) is 0 Å². The van der Waals surface area contributed by atoms with Crippen molar-refractivity contribution in [3.05, 3.63) is 29.8 Å². The number of methoxy groups -OCH3 is 1. The molecule has 0 aliphatic heterocycles. The van der Waals surface area contributed by atoms with E-state index < -0.39 is 0 Å². The van der Waals surface area contributed by atoms with Gasteiger partial charge in [-0.1, -0.05) is 26.0 Å². The van der Waals surface area contributed by atoms with Gasteiger partial charge in [0.1, 0.15) is 0 Å². The average molecular weight is 234 g/mol. The van der Waals surface area contributed by atoms with Gasteiger partial charge in [-0.25, -0.2) is 0 Å². The van der Waals surface area contributed by atoms with Crippen LogP contribution in [-0.4, -0.2) is 18.0 Å². The van der Waals surface area contributed by atoms with E-state index in [1.54, 1.807) is 30.4 Å². The third-order valence-corrected chi connectivity index (χ3v) is 2.27. The fourth-order valence-electron chi connectivity index (χ4n) is 1.46. The van der Waals surface area contributed by atoms with Crippen LogP contribution in [0.25, 0.3) is 6.08 Å². The minimum absolute atomic E-state index is 0.0955. The molecule has 17 heavy (non-hydrogen) atoms. The summed E-state index contributed by atoms with van der Waals surface area (Å²) < 4.78 is 4.99. The molecule has 0 aromatic heterocycles. The van der Waals surface area contributed by atoms with Crippen LogP contribution in [0.1, 0.15) is 25.8 Å². The first-order chi connectivity index (χ1) is 8.02. The molecule has 3 nitrogen and oxygen atoms in total. The van der Waals surface area contributed by atoms with E-state index in [1.165, 1.54) is 7.11 Å². The first-order valence-corrected chi connectivity index (χ1v) is 5.61. The summed E-state index contributed by atoms with van der Waals surface area (Å²) in [5.41, 5.74) is 0.830. The second kappa shape index (κ2) is 6.09. The number of benzene rings is 1. The lowest BCUT2D eigenvalue weighted by atomic mass is 10.1. The van der Waals surface area contributed by atoms with E-state index in [0.717, 1.165) is 5.56 Å². The summed E-state index contributed by atoms with van der Waals surface area (Å²) in [5.74, 6) is 0.968. The first kappa shape index (κ1) is 13.3. The largest absolute Gasteiger partial charge is 0.504 e. The molecular formula is C14H18O3. The third-order valence-electron chi connectivity index (χ3n) is 2.27. The minimum atomic E-state index is 0.0955. The van der Waals surface area contributed by atoms with E-state index in [-0.39, 0.29) is 11.5 Å². The Morgan fingerprint density at radius 1 is 1.47 bits per heavy atom. The van der Waals surface area contributed by atoms with E-state index in [0.29, 0.717) is 18.1 Å². The summed E-state index contributed by atoms with van der Waals surface area (Å²) >= 11 is 0. The molecule has 0 aliphatic rings. The van der Waals surface area contributed by atoms with Crippen molar-refractivity contribution >= 4 is 11.9 Å². The molecule has 1 N–H and O–H groups in total. The average Bonchev–Trinajstić information content (AvgIpc) is 2.27. The second-order valence-corrected chi connectivity index (χ2v) is 4.33. The highest BCUT2D eigenvalue weighted by Crippen LogP contribution is 2.26. The maximum Gasteiger partial charge on any atom is 0.161 e. The van der Waals surface area contributed by atoms with Crippen molar-refractivity contribution < 1.29 is 14.6 Å². The number of rotatable bonds is 5. The maximum absolute atomic E-state index is 11.5. The normalized spacial score (nSPS) is 11.1. The van der Waals surface area contributed by atoms with Gasteiger partial charge in [-0.3, -0.25) is 4.79 Å². The SMILES string of the molecule is COc1cc(/C=C/C(=O)CC(C)C)ccc1O. The molecule has 92 valence electrons. The van der Waals surface area contributed by atoms with Crippen LogP contribution in [0.2, 0.25) is 0 Å². The predicted octanol–water partition coefficient (Wildman–Crippen LogP) is 3.03. The first-order valence-electron chi connectivity index (χ1n) is 5.61. The van der Waals surface area contributed by atoms with Crippen LogP contribution in [-0.2, 0) is 4.79 Å². The summed E-state index contributed by atoms with van der Waals surface area (Å²) in [6.07, 6.45) is 3.84. The topological polar surface area (TPSA) is 46.5 Å². The summed E-state index contributed by atoms with van der Waals surface area (Å²) in [6.45, 7) is 4.02. The van der Waals surface area contributed by atoms with Crippen LogP contribution in [0.5, 0.6) is 11.5 Å². The molecule has 0 saturated heterocycles. The number of ketones is 1. The molecule has 0 radical (unpaired) electrons. The van der Waals surface area contributed by atoms with E-state index in [1.807, 2.05) is 13.8 Å². The molecule has 1 rings (SSSR count). The number of phenols is 1. The highest BCUT2D eigenvalue weighted by molar-refractivity contribution is 5.93. The van der Waals surface area contributed by atoms with Crippen molar-refractivity contribution in [1.82, 2.24) is 0 Å². The van der Waals surface area contributed by atoms with Gasteiger partial charge in [-0.05, 0) is 29.7 Å². The van der Waals surface area contributed by atoms with Gasteiger partial charge in [-0.2, -0.15) is 0 Å². The molecule has 0 heterocycles. The number of ether oxygens (including phenoxy) is 1. The lowest BCUT2D eigenvalue weighted by Crippen LogP contribution is -1.98. The Bertz CT molecular complexity index is 419. The zero-order valence-electron chi connectivity index (χ0n) is 10.4. The van der Waals surface area contributed by atoms with Crippen LogP contribution >= 0.6 is 0 Å². The fourth-order valence-corrected chi connectivity index (χ4v) is 1.46. The van der Waals surface area contributed by atoms with Gasteiger partial charge in [0.25, 0.3) is 0 Å². The number of hydrogen-bond donors (Lipinski definition) is 1. The monoisotopic (exact) mass is 234 g/mol. The number of carbonyl (C=O) groups excluding carboxylic acids is 1. The Kier molecular flexibility index (Phi) is 4.76. The smallest absolute Gasteiger partial charge is 0.161 e. The zero-order chi connectivity index (χ0) is 12.8. The Morgan fingerprint density at radius 2 is 2.18 bits per heavy atom. The van der Waals surface area contributed by atoms with E-state index >= 15 is 0 Å². The highest BCUT2D eigenvalue weighted by Gasteiger charge is 2.02. The number of carbonyl (C=O) groups is 1. The molecule has 0 unspecified atom stereocenters. The van der Waals surface area contributed by atoms with Crippen molar-refractivity contribution in [2.45, 2.75) is 20.3 Å². The van der Waals surface area contributed by atoms with Gasteiger partial charge in [-0.15, -0.1) is 0 Å². The summed E-state index contributed by atoms with van der Waals surface area (Å²) in [4.78, 5) is 11.5. The van der Waals surface area contributed by atoms with Gasteiger partial charge < -0.3 is 9.84 Å². The molecule has 0 bridgehead atoms. The second-order valence-electron chi connectivity index (χ2n) is 4.33. The van der Waals surface area contributed by atoms with Crippen LogP contribution in [0.3, 0.4) is 0 Å². The van der Waals surface area contributed by atoms with Gasteiger partial charge in [0.15, 0.2) is 17.3 Å². The molecule has 0 spiro atoms. The van der Waals surface area contributed by atoms with Crippen molar-refractivity contribution in [2.24, 2.45) is 5.92 Å². The fraction of sp³-hybridized carbons (Fsp3) is 0.357. The standard InChI is InChI=1S/C14H18O3/c1-10(2)8-12(15)6-4-11-5-7-13(16)14(9-11)17-3/h4-7,9-10,16H,8H2,1-3H3/b6-4+. The molecule has 0 saturated carbocycles. The molecule has 0 atom stereocenters. The summed E-state index contributed by atoms with van der Waals surface area (Å²) in [7, 11) is 1.49. The van der Waals surface area contributed by atoms with Gasteiger partial charge in [0, 0.05) is 6.42 Å². The molecule has 1 aromatic rings. The quantitative estimate of drug-likeness (QED) is 0.796. The van der Waals surface area contributed by atoms with Crippen molar-refractivity contribution in [2.75, 3.05) is 7.11 Å². The van der Waals surface area contributed by atoms with Gasteiger partial charge >= 0.3 is 0 Å². The maximum atomic E-state index is 11.5. The molecular weight excluding hydrogens is 216 g/mol. The predicted molar refractivity (Wildman–Crippen MR) is 68.2 cm³/mol. The zero-order valence-corrected chi connectivity index (χ0v) is 10.4. The molecule has 0 amide bonds. The number of allylic oxidation sites excluding steroid dienone is 1. The van der Waals surface area contributed by atoms with Crippen molar-refractivity contribution in [1.29, 1.82) is 0 Å². The van der Waals surface area contributed by atoms with Crippen molar-refractivity contribution in [3.63, 3.8) is 0 Å². The Hall–Kier alpha value is -1.77. The van der Waals surface area contributed by atoms with E-state index in [9.17, 15) is 9.90 Å². The minimum Gasteiger partial charge on any atom is -0.504 e. The Balaban J connectivity index is 2.74. The molecule has 0 aliphatic carbocycles. The van der Waals surface area contributed by atoms with Gasteiger partial charge in [0.2, 0.25) is 0 Å². The summed E-state index contributed by atoms with van der Waals surface area (Å²) in [6, 6.07) is 4.97. The Labute approximate surface area is 102 Å². The third kappa shape index (κ3) is 4.31. The molecule has 0 fully saturated rings.